The van der Waals surface area contributed by atoms with Crippen molar-refractivity contribution in [2.75, 3.05) is 5.75 Å². The smallest absolute Gasteiger partial charge is 0.313 e. The maximum atomic E-state index is 10.6. The standard InChI is InChI=1S/C12H11ClN2O2S/c1-8-2-3-10(9(13)6-8)15-11(4-5-14-15)18-7-12(16)17/h2-6H,7H2,1H3,(H,16,17). The first-order chi connectivity index (χ1) is 8.58. The van der Waals surface area contributed by atoms with Crippen molar-refractivity contribution in [3.05, 3.63) is 41.0 Å². The summed E-state index contributed by atoms with van der Waals surface area (Å²) in [4.78, 5) is 10.6. The largest absolute Gasteiger partial charge is 0.481 e. The van der Waals surface area contributed by atoms with Crippen molar-refractivity contribution >= 4 is 29.3 Å². The van der Waals surface area contributed by atoms with Gasteiger partial charge in [0.2, 0.25) is 0 Å². The zero-order valence-corrected chi connectivity index (χ0v) is 11.2. The van der Waals surface area contributed by atoms with Crippen molar-refractivity contribution in [1.29, 1.82) is 0 Å². The molecule has 0 unspecified atom stereocenters. The fourth-order valence-electron chi connectivity index (χ4n) is 1.50. The quantitative estimate of drug-likeness (QED) is 0.876. The molecule has 4 nitrogen and oxygen atoms in total. The Balaban J connectivity index is 2.33. The minimum Gasteiger partial charge on any atom is -0.481 e. The van der Waals surface area contributed by atoms with E-state index in [0.29, 0.717) is 5.02 Å². The zero-order chi connectivity index (χ0) is 13.1. The third-order valence-corrected chi connectivity index (χ3v) is 3.58. The lowest BCUT2D eigenvalue weighted by atomic mass is 10.2. The number of nitrogens with zero attached hydrogens (tertiary/aromatic N) is 2. The molecule has 0 amide bonds. The first-order valence-corrected chi connectivity index (χ1v) is 6.59. The second-order valence-electron chi connectivity index (χ2n) is 3.72. The fourth-order valence-corrected chi connectivity index (χ4v) is 2.51. The van der Waals surface area contributed by atoms with Crippen LogP contribution in [0.3, 0.4) is 0 Å². The van der Waals surface area contributed by atoms with Crippen molar-refractivity contribution in [2.24, 2.45) is 0 Å². The first-order valence-electron chi connectivity index (χ1n) is 5.23. The Morgan fingerprint density at radius 2 is 2.28 bits per heavy atom. The van der Waals surface area contributed by atoms with E-state index in [-0.39, 0.29) is 5.75 Å². The second kappa shape index (κ2) is 5.46. The van der Waals surface area contributed by atoms with E-state index in [1.54, 1.807) is 16.9 Å². The molecule has 0 radical (unpaired) electrons. The Bertz CT molecular complexity index is 583. The van der Waals surface area contributed by atoms with Crippen molar-refractivity contribution < 1.29 is 9.90 Å². The van der Waals surface area contributed by atoms with E-state index < -0.39 is 5.97 Å². The summed E-state index contributed by atoms with van der Waals surface area (Å²) in [5.74, 6) is -0.863. The van der Waals surface area contributed by atoms with E-state index in [4.69, 9.17) is 16.7 Å². The topological polar surface area (TPSA) is 55.1 Å². The summed E-state index contributed by atoms with van der Waals surface area (Å²) in [5.41, 5.74) is 1.82. The number of halogens is 1. The zero-order valence-electron chi connectivity index (χ0n) is 9.63. The molecule has 1 heterocycles. The predicted octanol–water partition coefficient (Wildman–Crippen LogP) is 3.01. The Labute approximate surface area is 114 Å². The Morgan fingerprint density at radius 1 is 1.50 bits per heavy atom. The molecule has 0 saturated carbocycles. The van der Waals surface area contributed by atoms with Crippen LogP contribution < -0.4 is 0 Å². The van der Waals surface area contributed by atoms with Gasteiger partial charge in [0, 0.05) is 0 Å². The number of hydrogen-bond donors (Lipinski definition) is 1. The summed E-state index contributed by atoms with van der Waals surface area (Å²) >= 11 is 7.38. The third kappa shape index (κ3) is 2.86. The molecular formula is C12H11ClN2O2S. The minimum absolute atomic E-state index is 0.00479. The number of thioether (sulfide) groups is 1. The summed E-state index contributed by atoms with van der Waals surface area (Å²) in [7, 11) is 0. The average molecular weight is 283 g/mol. The lowest BCUT2D eigenvalue weighted by Crippen LogP contribution is -2.02. The van der Waals surface area contributed by atoms with Crippen LogP contribution in [0, 0.1) is 6.92 Å². The summed E-state index contributed by atoms with van der Waals surface area (Å²) in [6.07, 6.45) is 1.63. The second-order valence-corrected chi connectivity index (χ2v) is 5.12. The molecule has 94 valence electrons. The minimum atomic E-state index is -0.859. The maximum Gasteiger partial charge on any atom is 0.313 e. The molecule has 2 rings (SSSR count). The number of carbonyl (C=O) groups is 1. The molecule has 0 aliphatic heterocycles. The first kappa shape index (κ1) is 13.0. The van der Waals surface area contributed by atoms with Gasteiger partial charge in [0.1, 0.15) is 5.03 Å². The van der Waals surface area contributed by atoms with E-state index in [0.717, 1.165) is 16.3 Å². The van der Waals surface area contributed by atoms with Gasteiger partial charge in [-0.15, -0.1) is 0 Å². The van der Waals surface area contributed by atoms with Crippen LogP contribution >= 0.6 is 23.4 Å². The highest BCUT2D eigenvalue weighted by Crippen LogP contribution is 2.26. The van der Waals surface area contributed by atoms with Crippen LogP contribution in [0.4, 0.5) is 0 Å². The predicted molar refractivity (Wildman–Crippen MR) is 71.7 cm³/mol. The van der Waals surface area contributed by atoms with Crippen LogP contribution in [0.1, 0.15) is 5.56 Å². The van der Waals surface area contributed by atoms with Gasteiger partial charge in [-0.3, -0.25) is 4.79 Å². The number of aromatic nitrogens is 2. The molecule has 0 bridgehead atoms. The monoisotopic (exact) mass is 282 g/mol. The molecule has 0 aliphatic carbocycles. The fraction of sp³-hybridized carbons (Fsp3) is 0.167. The summed E-state index contributed by atoms with van der Waals surface area (Å²) in [6.45, 7) is 1.96. The van der Waals surface area contributed by atoms with Crippen LogP contribution in [0.25, 0.3) is 5.69 Å². The number of aliphatic carboxylic acids is 1. The highest BCUT2D eigenvalue weighted by molar-refractivity contribution is 7.99. The van der Waals surface area contributed by atoms with Crippen LogP contribution in [0.2, 0.25) is 5.02 Å². The number of benzene rings is 1. The Hall–Kier alpha value is -1.46. The van der Waals surface area contributed by atoms with Gasteiger partial charge in [0.15, 0.2) is 0 Å². The van der Waals surface area contributed by atoms with E-state index in [1.165, 1.54) is 11.8 Å². The number of aryl methyl sites for hydroxylation is 1. The van der Waals surface area contributed by atoms with Crippen LogP contribution in [-0.4, -0.2) is 26.6 Å². The van der Waals surface area contributed by atoms with Crippen molar-refractivity contribution in [1.82, 2.24) is 9.78 Å². The summed E-state index contributed by atoms with van der Waals surface area (Å²) in [6, 6.07) is 7.43. The molecule has 2 aromatic rings. The van der Waals surface area contributed by atoms with Crippen LogP contribution in [0.5, 0.6) is 0 Å². The van der Waals surface area contributed by atoms with Gasteiger partial charge in [-0.2, -0.15) is 5.10 Å². The molecule has 1 N–H and O–H groups in total. The van der Waals surface area contributed by atoms with E-state index in [1.807, 2.05) is 25.1 Å². The number of hydrogen-bond acceptors (Lipinski definition) is 3. The summed E-state index contributed by atoms with van der Waals surface area (Å²) in [5, 5.41) is 14.2. The lowest BCUT2D eigenvalue weighted by molar-refractivity contribution is -0.133. The molecule has 1 aromatic carbocycles. The van der Waals surface area contributed by atoms with Crippen molar-refractivity contribution in [2.45, 2.75) is 11.9 Å². The van der Waals surface area contributed by atoms with Gasteiger partial charge in [-0.05, 0) is 30.7 Å². The molecular weight excluding hydrogens is 272 g/mol. The van der Waals surface area contributed by atoms with E-state index >= 15 is 0 Å². The molecule has 1 aromatic heterocycles. The van der Waals surface area contributed by atoms with Crippen LogP contribution in [0.15, 0.2) is 35.5 Å². The third-order valence-electron chi connectivity index (χ3n) is 2.28. The Kier molecular flexibility index (Phi) is 3.93. The van der Waals surface area contributed by atoms with Crippen molar-refractivity contribution in [3.8, 4) is 5.69 Å². The molecule has 18 heavy (non-hydrogen) atoms. The van der Waals surface area contributed by atoms with Gasteiger partial charge >= 0.3 is 5.97 Å². The average Bonchev–Trinajstić information content (AvgIpc) is 2.74. The lowest BCUT2D eigenvalue weighted by Gasteiger charge is -2.08. The SMILES string of the molecule is Cc1ccc(-n2nccc2SCC(=O)O)c(Cl)c1. The van der Waals surface area contributed by atoms with Crippen LogP contribution in [-0.2, 0) is 4.79 Å². The van der Waals surface area contributed by atoms with Gasteiger partial charge in [0.05, 0.1) is 22.7 Å². The molecule has 0 aliphatic rings. The normalized spacial score (nSPS) is 10.6. The molecule has 0 fully saturated rings. The molecule has 0 atom stereocenters. The number of carboxylic acid groups (broad SMARTS) is 1. The van der Waals surface area contributed by atoms with E-state index in [2.05, 4.69) is 5.10 Å². The van der Waals surface area contributed by atoms with Gasteiger partial charge in [-0.25, -0.2) is 4.68 Å². The highest BCUT2D eigenvalue weighted by atomic mass is 35.5. The summed E-state index contributed by atoms with van der Waals surface area (Å²) < 4.78 is 1.65. The Morgan fingerprint density at radius 3 is 2.94 bits per heavy atom. The van der Waals surface area contributed by atoms with Gasteiger partial charge in [-0.1, -0.05) is 29.4 Å². The van der Waals surface area contributed by atoms with Gasteiger partial charge < -0.3 is 5.11 Å². The number of carboxylic acids is 1. The highest BCUT2D eigenvalue weighted by Gasteiger charge is 2.10. The maximum absolute atomic E-state index is 10.6. The molecule has 0 saturated heterocycles. The number of rotatable bonds is 4. The van der Waals surface area contributed by atoms with Crippen molar-refractivity contribution in [3.63, 3.8) is 0 Å². The molecule has 0 spiro atoms. The van der Waals surface area contributed by atoms with E-state index in [9.17, 15) is 4.79 Å². The molecule has 6 heteroatoms. The van der Waals surface area contributed by atoms with Gasteiger partial charge in [0.25, 0.3) is 0 Å².